The minimum atomic E-state index is -3.82. The first kappa shape index (κ1) is 14.9. The number of phenols is 1. The van der Waals surface area contributed by atoms with Crippen LogP contribution in [0.2, 0.25) is 0 Å². The molecule has 0 aromatic heterocycles. The molecule has 0 fully saturated rings. The lowest BCUT2D eigenvalue weighted by Gasteiger charge is -2.07. The lowest BCUT2D eigenvalue weighted by atomic mass is 10.3. The third-order valence-electron chi connectivity index (χ3n) is 2.10. The van der Waals surface area contributed by atoms with Crippen LogP contribution in [0.3, 0.4) is 0 Å². The van der Waals surface area contributed by atoms with Gasteiger partial charge in [-0.25, -0.2) is 26.3 Å². The van der Waals surface area contributed by atoms with E-state index in [-0.39, 0.29) is 22.9 Å². The Bertz CT molecular complexity index is 610. The minimum absolute atomic E-state index is 0.121. The van der Waals surface area contributed by atoms with Crippen molar-refractivity contribution in [3.63, 3.8) is 0 Å². The van der Waals surface area contributed by atoms with Crippen molar-refractivity contribution in [3.05, 3.63) is 24.3 Å². The van der Waals surface area contributed by atoms with E-state index in [2.05, 4.69) is 9.44 Å². The van der Waals surface area contributed by atoms with Gasteiger partial charge in [-0.1, -0.05) is 6.07 Å². The number of hydrogen-bond acceptors (Lipinski definition) is 5. The Balaban J connectivity index is 2.72. The molecule has 3 N–H and O–H groups in total. The standard InChI is InChI=1S/C9H14N2O5S2/c1-10-17(13,14)6-5-11-18(15,16)9-4-2-3-8(12)7-9/h2-4,7,10-12H,5-6H2,1H3. The monoisotopic (exact) mass is 294 g/mol. The SMILES string of the molecule is CNS(=O)(=O)CCNS(=O)(=O)c1cccc(O)c1. The van der Waals surface area contributed by atoms with Gasteiger partial charge in [0.15, 0.2) is 0 Å². The van der Waals surface area contributed by atoms with Crippen LogP contribution in [0.1, 0.15) is 0 Å². The van der Waals surface area contributed by atoms with Gasteiger partial charge in [-0.15, -0.1) is 0 Å². The molecule has 102 valence electrons. The molecule has 0 bridgehead atoms. The maximum Gasteiger partial charge on any atom is 0.240 e. The van der Waals surface area contributed by atoms with Crippen LogP contribution in [0.4, 0.5) is 0 Å². The van der Waals surface area contributed by atoms with E-state index in [1.165, 1.54) is 25.2 Å². The van der Waals surface area contributed by atoms with Gasteiger partial charge in [0.1, 0.15) is 5.75 Å². The van der Waals surface area contributed by atoms with Crippen molar-refractivity contribution in [1.82, 2.24) is 9.44 Å². The molecule has 0 aliphatic rings. The molecular formula is C9H14N2O5S2. The summed E-state index contributed by atoms with van der Waals surface area (Å²) in [6.07, 6.45) is 0. The number of sulfonamides is 2. The maximum atomic E-state index is 11.7. The van der Waals surface area contributed by atoms with Crippen molar-refractivity contribution in [2.24, 2.45) is 0 Å². The molecule has 7 nitrogen and oxygen atoms in total. The summed E-state index contributed by atoms with van der Waals surface area (Å²) in [6, 6.07) is 5.10. The summed E-state index contributed by atoms with van der Waals surface area (Å²) >= 11 is 0. The van der Waals surface area contributed by atoms with Crippen LogP contribution >= 0.6 is 0 Å². The van der Waals surface area contributed by atoms with Crippen molar-refractivity contribution in [3.8, 4) is 5.75 Å². The number of rotatable bonds is 6. The Hall–Kier alpha value is -1.16. The van der Waals surface area contributed by atoms with Crippen molar-refractivity contribution in [2.45, 2.75) is 4.90 Å². The summed E-state index contributed by atoms with van der Waals surface area (Å²) in [4.78, 5) is -0.121. The van der Waals surface area contributed by atoms with Crippen molar-refractivity contribution in [1.29, 1.82) is 0 Å². The fourth-order valence-corrected chi connectivity index (χ4v) is 2.92. The highest BCUT2D eigenvalue weighted by atomic mass is 32.2. The molecule has 0 saturated carbocycles. The molecule has 0 unspecified atom stereocenters. The molecule has 9 heteroatoms. The zero-order chi connectivity index (χ0) is 13.8. The van der Waals surface area contributed by atoms with E-state index in [1.807, 2.05) is 0 Å². The predicted molar refractivity (Wildman–Crippen MR) is 66.1 cm³/mol. The fourth-order valence-electron chi connectivity index (χ4n) is 1.15. The van der Waals surface area contributed by atoms with Crippen LogP contribution in [-0.4, -0.2) is 41.3 Å². The van der Waals surface area contributed by atoms with Crippen molar-refractivity contribution >= 4 is 20.0 Å². The second-order valence-corrected chi connectivity index (χ2v) is 7.23. The van der Waals surface area contributed by atoms with Gasteiger partial charge in [0.2, 0.25) is 20.0 Å². The van der Waals surface area contributed by atoms with E-state index in [0.717, 1.165) is 6.07 Å². The van der Waals surface area contributed by atoms with Gasteiger partial charge in [-0.2, -0.15) is 0 Å². The average Bonchev–Trinajstić information content (AvgIpc) is 2.28. The highest BCUT2D eigenvalue weighted by Crippen LogP contribution is 2.15. The smallest absolute Gasteiger partial charge is 0.240 e. The van der Waals surface area contributed by atoms with Crippen LogP contribution < -0.4 is 9.44 Å². The normalized spacial score (nSPS) is 12.5. The van der Waals surface area contributed by atoms with E-state index >= 15 is 0 Å². The molecular weight excluding hydrogens is 280 g/mol. The second kappa shape index (κ2) is 5.65. The van der Waals surface area contributed by atoms with Crippen LogP contribution in [-0.2, 0) is 20.0 Å². The largest absolute Gasteiger partial charge is 0.508 e. The highest BCUT2D eigenvalue weighted by molar-refractivity contribution is 7.90. The number of aromatic hydroxyl groups is 1. The summed E-state index contributed by atoms with van der Waals surface area (Å²) in [6.45, 7) is -0.249. The second-order valence-electron chi connectivity index (χ2n) is 3.42. The third-order valence-corrected chi connectivity index (χ3v) is 4.92. The van der Waals surface area contributed by atoms with Gasteiger partial charge in [0.05, 0.1) is 10.6 Å². The van der Waals surface area contributed by atoms with Crippen LogP contribution in [0, 0.1) is 0 Å². The summed E-state index contributed by atoms with van der Waals surface area (Å²) in [7, 11) is -6.03. The molecule has 0 heterocycles. The summed E-state index contributed by atoms with van der Waals surface area (Å²) in [5.74, 6) is -0.539. The quantitative estimate of drug-likeness (QED) is 0.637. The summed E-state index contributed by atoms with van der Waals surface area (Å²) < 4.78 is 49.8. The topological polar surface area (TPSA) is 113 Å². The number of hydrogen-bond donors (Lipinski definition) is 3. The van der Waals surface area contributed by atoms with Gasteiger partial charge in [0, 0.05) is 6.54 Å². The molecule has 0 saturated heterocycles. The van der Waals surface area contributed by atoms with Crippen LogP contribution in [0.15, 0.2) is 29.2 Å². The average molecular weight is 294 g/mol. The zero-order valence-electron chi connectivity index (χ0n) is 9.62. The van der Waals surface area contributed by atoms with Gasteiger partial charge in [-0.3, -0.25) is 0 Å². The number of benzene rings is 1. The van der Waals surface area contributed by atoms with Gasteiger partial charge in [0.25, 0.3) is 0 Å². The van der Waals surface area contributed by atoms with E-state index in [4.69, 9.17) is 0 Å². The number of phenolic OH excluding ortho intramolecular Hbond substituents is 1. The maximum absolute atomic E-state index is 11.7. The predicted octanol–water partition coefficient (Wildman–Crippen LogP) is -0.780. The number of nitrogens with one attached hydrogen (secondary N) is 2. The molecule has 1 rings (SSSR count). The van der Waals surface area contributed by atoms with Crippen molar-refractivity contribution < 1.29 is 21.9 Å². The Morgan fingerprint density at radius 2 is 1.89 bits per heavy atom. The summed E-state index contributed by atoms with van der Waals surface area (Å²) in [5.41, 5.74) is 0. The first-order valence-electron chi connectivity index (χ1n) is 4.97. The molecule has 0 aliphatic heterocycles. The van der Waals surface area contributed by atoms with Crippen LogP contribution in [0.25, 0.3) is 0 Å². The molecule has 18 heavy (non-hydrogen) atoms. The van der Waals surface area contributed by atoms with Gasteiger partial charge in [-0.05, 0) is 25.2 Å². The molecule has 0 amide bonds. The molecule has 0 aliphatic carbocycles. The van der Waals surface area contributed by atoms with E-state index in [9.17, 15) is 21.9 Å². The van der Waals surface area contributed by atoms with E-state index < -0.39 is 20.0 Å². The Morgan fingerprint density at radius 1 is 1.22 bits per heavy atom. The Morgan fingerprint density at radius 3 is 2.44 bits per heavy atom. The lowest BCUT2D eigenvalue weighted by Crippen LogP contribution is -2.32. The van der Waals surface area contributed by atoms with Gasteiger partial charge < -0.3 is 5.11 Å². The lowest BCUT2D eigenvalue weighted by molar-refractivity contribution is 0.473. The molecule has 1 aromatic carbocycles. The highest BCUT2D eigenvalue weighted by Gasteiger charge is 2.15. The fraction of sp³-hybridized carbons (Fsp3) is 0.333. The molecule has 0 spiro atoms. The minimum Gasteiger partial charge on any atom is -0.508 e. The Labute approximate surface area is 106 Å². The first-order valence-corrected chi connectivity index (χ1v) is 8.10. The zero-order valence-corrected chi connectivity index (χ0v) is 11.3. The van der Waals surface area contributed by atoms with Crippen LogP contribution in [0.5, 0.6) is 5.75 Å². The Kier molecular flexibility index (Phi) is 4.68. The molecule has 1 aromatic rings. The first-order chi connectivity index (χ1) is 8.27. The summed E-state index contributed by atoms with van der Waals surface area (Å²) in [5, 5.41) is 9.17. The third kappa shape index (κ3) is 4.26. The van der Waals surface area contributed by atoms with E-state index in [0.29, 0.717) is 0 Å². The van der Waals surface area contributed by atoms with Gasteiger partial charge >= 0.3 is 0 Å². The molecule has 0 atom stereocenters. The van der Waals surface area contributed by atoms with E-state index in [1.54, 1.807) is 0 Å². The molecule has 0 radical (unpaired) electrons. The van der Waals surface area contributed by atoms with Crippen molar-refractivity contribution in [2.75, 3.05) is 19.3 Å².